The molecule has 3 N–H and O–H groups in total. The fourth-order valence-electron chi connectivity index (χ4n) is 4.79. The van der Waals surface area contributed by atoms with Gasteiger partial charge in [-0.05, 0) is 55.0 Å². The van der Waals surface area contributed by atoms with E-state index in [1.807, 2.05) is 39.0 Å². The molecule has 1 aromatic carbocycles. The zero-order valence-electron chi connectivity index (χ0n) is 24.7. The lowest BCUT2D eigenvalue weighted by Crippen LogP contribution is -2.33. The molecule has 3 heterocycles. The lowest BCUT2D eigenvalue weighted by molar-refractivity contribution is -0.0607. The van der Waals surface area contributed by atoms with Crippen LogP contribution in [0.3, 0.4) is 0 Å². The molecule has 2 aromatic heterocycles. The number of nitrogens with zero attached hydrogens (tertiary/aromatic N) is 2. The molecule has 2 fully saturated rings. The fraction of sp³-hybridized carbons (Fsp3) is 0.467. The molecule has 232 valence electrons. The number of hydrogen-bond donors (Lipinski definition) is 3. The molecule has 1 aliphatic carbocycles. The molecule has 43 heavy (non-hydrogen) atoms. The van der Waals surface area contributed by atoms with Gasteiger partial charge in [0.2, 0.25) is 0 Å². The number of hydrogen-bond acceptors (Lipinski definition) is 9. The molecule has 0 spiro atoms. The van der Waals surface area contributed by atoms with Crippen molar-refractivity contribution in [1.82, 2.24) is 10.1 Å². The van der Waals surface area contributed by atoms with Gasteiger partial charge in [0.25, 0.3) is 10.1 Å². The van der Waals surface area contributed by atoms with E-state index in [2.05, 4.69) is 20.8 Å². The van der Waals surface area contributed by atoms with Crippen LogP contribution in [0.5, 0.6) is 5.75 Å². The lowest BCUT2D eigenvalue weighted by Gasteiger charge is -2.31. The molecular formula is C30H38N4O8S. The van der Waals surface area contributed by atoms with Crippen molar-refractivity contribution < 1.29 is 36.6 Å². The van der Waals surface area contributed by atoms with Crippen molar-refractivity contribution in [2.75, 3.05) is 30.1 Å². The van der Waals surface area contributed by atoms with Crippen LogP contribution >= 0.6 is 0 Å². The highest BCUT2D eigenvalue weighted by atomic mass is 32.2. The monoisotopic (exact) mass is 614 g/mol. The Morgan fingerprint density at radius 1 is 1.05 bits per heavy atom. The second kappa shape index (κ2) is 13.7. The van der Waals surface area contributed by atoms with Crippen LogP contribution in [0.15, 0.2) is 53.2 Å². The Kier molecular flexibility index (Phi) is 10.2. The summed E-state index contributed by atoms with van der Waals surface area (Å²) < 4.78 is 42.6. The minimum absolute atomic E-state index is 0.0819. The van der Waals surface area contributed by atoms with Gasteiger partial charge >= 0.3 is 6.03 Å². The van der Waals surface area contributed by atoms with Crippen LogP contribution in [-0.2, 0) is 26.7 Å². The van der Waals surface area contributed by atoms with Gasteiger partial charge in [-0.25, -0.2) is 9.78 Å². The number of carbonyl (C=O) groups is 2. The molecule has 1 aliphatic heterocycles. The topological polar surface area (TPSA) is 170 Å². The largest absolute Gasteiger partial charge is 0.489 e. The van der Waals surface area contributed by atoms with E-state index in [-0.39, 0.29) is 23.7 Å². The minimum atomic E-state index is -3.67. The van der Waals surface area contributed by atoms with Gasteiger partial charge in [-0.15, -0.1) is 0 Å². The summed E-state index contributed by atoms with van der Waals surface area (Å²) >= 11 is 0. The SMILES string of the molecule is CC(C)(C)c1cc(NC(=O)Nc2ccc(CC(=O)c3ccc(OC4CCC(C5COC5)C4)cn3)cc2)no1.CS(=O)(=O)O. The summed E-state index contributed by atoms with van der Waals surface area (Å²) in [4.78, 5) is 29.4. The van der Waals surface area contributed by atoms with E-state index in [1.165, 1.54) is 6.42 Å². The molecule has 2 aliphatic rings. The van der Waals surface area contributed by atoms with Crippen LogP contribution in [0.25, 0.3) is 0 Å². The van der Waals surface area contributed by atoms with E-state index >= 15 is 0 Å². The number of aromatic nitrogens is 2. The van der Waals surface area contributed by atoms with Crippen LogP contribution in [-0.4, -0.2) is 60.5 Å². The van der Waals surface area contributed by atoms with Crippen molar-refractivity contribution in [3.05, 3.63) is 65.7 Å². The van der Waals surface area contributed by atoms with Crippen LogP contribution < -0.4 is 15.4 Å². The third-order valence-corrected chi connectivity index (χ3v) is 7.15. The summed E-state index contributed by atoms with van der Waals surface area (Å²) in [7, 11) is -3.67. The maximum Gasteiger partial charge on any atom is 0.324 e. The molecular weight excluding hydrogens is 576 g/mol. The van der Waals surface area contributed by atoms with E-state index in [1.54, 1.807) is 30.5 Å². The van der Waals surface area contributed by atoms with E-state index in [9.17, 15) is 18.0 Å². The van der Waals surface area contributed by atoms with Crippen molar-refractivity contribution in [1.29, 1.82) is 0 Å². The Morgan fingerprint density at radius 3 is 2.30 bits per heavy atom. The number of nitrogens with one attached hydrogen (secondary N) is 2. The van der Waals surface area contributed by atoms with Gasteiger partial charge in [0.05, 0.1) is 31.8 Å². The average Bonchev–Trinajstić information content (AvgIpc) is 3.53. The first-order valence-corrected chi connectivity index (χ1v) is 15.9. The Bertz CT molecular complexity index is 1490. The average molecular weight is 615 g/mol. The predicted octanol–water partition coefficient (Wildman–Crippen LogP) is 5.13. The number of benzene rings is 1. The predicted molar refractivity (Wildman–Crippen MR) is 160 cm³/mol. The number of amides is 2. The smallest absolute Gasteiger partial charge is 0.324 e. The van der Waals surface area contributed by atoms with E-state index in [0.717, 1.165) is 31.6 Å². The van der Waals surface area contributed by atoms with Crippen LogP contribution in [0.1, 0.15) is 61.8 Å². The van der Waals surface area contributed by atoms with Crippen molar-refractivity contribution in [3.63, 3.8) is 0 Å². The number of anilines is 2. The highest BCUT2D eigenvalue weighted by molar-refractivity contribution is 7.85. The highest BCUT2D eigenvalue weighted by Gasteiger charge is 2.35. The van der Waals surface area contributed by atoms with Gasteiger partial charge in [0.15, 0.2) is 11.6 Å². The van der Waals surface area contributed by atoms with Crippen molar-refractivity contribution in [2.45, 2.75) is 58.0 Å². The molecule has 12 nitrogen and oxygen atoms in total. The van der Waals surface area contributed by atoms with Crippen LogP contribution in [0.2, 0.25) is 0 Å². The van der Waals surface area contributed by atoms with Gasteiger partial charge in [0, 0.05) is 29.5 Å². The number of Topliss-reactive ketones (excluding diaryl/α,β-unsaturated/α-hetero) is 1. The van der Waals surface area contributed by atoms with Gasteiger partial charge in [0.1, 0.15) is 17.2 Å². The lowest BCUT2D eigenvalue weighted by atomic mass is 9.89. The number of rotatable bonds is 8. The van der Waals surface area contributed by atoms with Gasteiger partial charge in [-0.2, -0.15) is 8.42 Å². The summed E-state index contributed by atoms with van der Waals surface area (Å²) in [5.74, 6) is 3.02. The fourth-order valence-corrected chi connectivity index (χ4v) is 4.79. The quantitative estimate of drug-likeness (QED) is 0.228. The Balaban J connectivity index is 0.000000782. The number of ketones is 1. The second-order valence-corrected chi connectivity index (χ2v) is 13.4. The first kappa shape index (κ1) is 32.1. The number of ether oxygens (including phenoxy) is 2. The van der Waals surface area contributed by atoms with E-state index < -0.39 is 16.1 Å². The standard InChI is InChI=1S/C29H34N4O5.CH4O3S/c1-29(2,3)26-14-27(33-38-26)32-28(35)31-21-7-4-18(5-8-21)12-25(34)24-11-10-23(15-30-24)37-22-9-6-19(13-22)20-16-36-17-20;1-5(2,3)4/h4-5,7-8,10-11,14-15,19-20,22H,6,9,12-13,16-17H2,1-3H3,(H2,31,32,33,35);1H3,(H,2,3,4). The molecule has 13 heteroatoms. The summed E-state index contributed by atoms with van der Waals surface area (Å²) in [6.45, 7) is 7.77. The molecule has 5 rings (SSSR count). The van der Waals surface area contributed by atoms with Crippen molar-refractivity contribution in [3.8, 4) is 5.75 Å². The normalized spacial score (nSPS) is 18.6. The minimum Gasteiger partial charge on any atom is -0.489 e. The summed E-state index contributed by atoms with van der Waals surface area (Å²) in [6.07, 6.45) is 6.05. The molecule has 3 aromatic rings. The second-order valence-electron chi connectivity index (χ2n) is 11.9. The summed E-state index contributed by atoms with van der Waals surface area (Å²) in [6, 6.07) is 11.9. The summed E-state index contributed by atoms with van der Waals surface area (Å²) in [5, 5.41) is 9.29. The summed E-state index contributed by atoms with van der Waals surface area (Å²) in [5.41, 5.74) is 1.62. The van der Waals surface area contributed by atoms with Crippen LogP contribution in [0.4, 0.5) is 16.3 Å². The zero-order valence-corrected chi connectivity index (χ0v) is 25.5. The molecule has 1 saturated carbocycles. The third-order valence-electron chi connectivity index (χ3n) is 7.15. The van der Waals surface area contributed by atoms with Gasteiger partial charge in [-0.3, -0.25) is 14.7 Å². The van der Waals surface area contributed by atoms with E-state index in [0.29, 0.717) is 46.8 Å². The maximum atomic E-state index is 12.8. The first-order chi connectivity index (χ1) is 20.2. The van der Waals surface area contributed by atoms with Crippen molar-refractivity contribution >= 4 is 33.4 Å². The van der Waals surface area contributed by atoms with Crippen molar-refractivity contribution in [2.24, 2.45) is 11.8 Å². The Morgan fingerprint density at radius 2 is 1.74 bits per heavy atom. The van der Waals surface area contributed by atoms with E-state index in [4.69, 9.17) is 18.5 Å². The maximum absolute atomic E-state index is 12.8. The molecule has 2 unspecified atom stereocenters. The highest BCUT2D eigenvalue weighted by Crippen LogP contribution is 2.37. The molecule has 2 atom stereocenters. The Hall–Kier alpha value is -3.81. The van der Waals surface area contributed by atoms with Crippen LogP contribution in [0, 0.1) is 11.8 Å². The molecule has 2 amide bonds. The van der Waals surface area contributed by atoms with Gasteiger partial charge in [-0.1, -0.05) is 38.1 Å². The molecule has 1 saturated heterocycles. The third kappa shape index (κ3) is 10.2. The molecule has 0 bridgehead atoms. The number of carbonyl (C=O) groups excluding carboxylic acids is 2. The van der Waals surface area contributed by atoms with Gasteiger partial charge < -0.3 is 19.3 Å². The zero-order chi connectivity index (χ0) is 31.2. The number of urea groups is 1. The Labute approximate surface area is 251 Å². The number of pyridine rings is 1. The first-order valence-electron chi connectivity index (χ1n) is 14.0. The molecule has 0 radical (unpaired) electrons.